The number of H-pyrrole nitrogens is 1. The van der Waals surface area contributed by atoms with Gasteiger partial charge in [-0.05, 0) is 55.9 Å². The van der Waals surface area contributed by atoms with Crippen LogP contribution in [0, 0.1) is 6.92 Å². The largest absolute Gasteiger partial charge is 0.354 e. The Hall–Kier alpha value is -2.01. The molecule has 0 spiro atoms. The lowest BCUT2D eigenvalue weighted by Crippen LogP contribution is -2.13. The van der Waals surface area contributed by atoms with Crippen LogP contribution in [-0.2, 0) is 6.42 Å². The first-order chi connectivity index (χ1) is 10.6. The molecule has 2 N–H and O–H groups in total. The molecule has 3 rings (SSSR count). The molecule has 1 aliphatic rings. The topological polar surface area (TPSA) is 62.0 Å². The SMILES string of the molecule is CSc1ccc(NC(=O)c2[nH]c3c(c2C)C(=O)CCC3)cc1. The molecule has 1 aliphatic carbocycles. The summed E-state index contributed by atoms with van der Waals surface area (Å²) in [5.74, 6) is -0.0602. The molecule has 1 heterocycles. The minimum Gasteiger partial charge on any atom is -0.354 e. The summed E-state index contributed by atoms with van der Waals surface area (Å²) in [5, 5.41) is 2.88. The van der Waals surface area contributed by atoms with Gasteiger partial charge in [-0.2, -0.15) is 0 Å². The first-order valence-electron chi connectivity index (χ1n) is 7.30. The van der Waals surface area contributed by atoms with E-state index in [0.29, 0.717) is 17.7 Å². The summed E-state index contributed by atoms with van der Waals surface area (Å²) < 4.78 is 0. The maximum absolute atomic E-state index is 12.5. The van der Waals surface area contributed by atoms with Crippen LogP contribution >= 0.6 is 11.8 Å². The van der Waals surface area contributed by atoms with Crippen molar-refractivity contribution in [3.8, 4) is 0 Å². The van der Waals surface area contributed by atoms with Gasteiger partial charge in [-0.3, -0.25) is 9.59 Å². The highest BCUT2D eigenvalue weighted by molar-refractivity contribution is 7.98. The summed E-state index contributed by atoms with van der Waals surface area (Å²) in [6.07, 6.45) is 4.26. The van der Waals surface area contributed by atoms with Gasteiger partial charge in [-0.1, -0.05) is 0 Å². The van der Waals surface area contributed by atoms with Crippen LogP contribution in [0.5, 0.6) is 0 Å². The van der Waals surface area contributed by atoms with Crippen LogP contribution in [0.4, 0.5) is 5.69 Å². The van der Waals surface area contributed by atoms with Crippen LogP contribution in [0.3, 0.4) is 0 Å². The minimum atomic E-state index is -0.198. The lowest BCUT2D eigenvalue weighted by atomic mass is 9.94. The zero-order valence-electron chi connectivity index (χ0n) is 12.7. The zero-order chi connectivity index (χ0) is 15.7. The fraction of sp³-hybridized carbons (Fsp3) is 0.294. The van der Waals surface area contributed by atoms with Crippen molar-refractivity contribution in [3.05, 3.63) is 46.8 Å². The Bertz CT molecular complexity index is 732. The van der Waals surface area contributed by atoms with Gasteiger partial charge < -0.3 is 10.3 Å². The molecule has 0 atom stereocenters. The normalized spacial score (nSPS) is 13.8. The van der Waals surface area contributed by atoms with E-state index in [-0.39, 0.29) is 11.7 Å². The average molecular weight is 314 g/mol. The number of benzene rings is 1. The number of aromatic nitrogens is 1. The molecule has 5 heteroatoms. The van der Waals surface area contributed by atoms with Crippen molar-refractivity contribution in [1.29, 1.82) is 0 Å². The smallest absolute Gasteiger partial charge is 0.272 e. The van der Waals surface area contributed by atoms with Crippen molar-refractivity contribution >= 4 is 29.1 Å². The number of rotatable bonds is 3. The fourth-order valence-corrected chi connectivity index (χ4v) is 3.28. The quantitative estimate of drug-likeness (QED) is 0.847. The van der Waals surface area contributed by atoms with Crippen LogP contribution in [0.25, 0.3) is 0 Å². The number of nitrogens with one attached hydrogen (secondary N) is 2. The third kappa shape index (κ3) is 2.68. The molecule has 0 saturated carbocycles. The van der Waals surface area contributed by atoms with E-state index in [1.165, 1.54) is 0 Å². The van der Waals surface area contributed by atoms with Gasteiger partial charge in [0.1, 0.15) is 5.69 Å². The van der Waals surface area contributed by atoms with Gasteiger partial charge in [-0.25, -0.2) is 0 Å². The second-order valence-electron chi connectivity index (χ2n) is 5.44. The van der Waals surface area contributed by atoms with Crippen molar-refractivity contribution in [3.63, 3.8) is 0 Å². The maximum atomic E-state index is 12.5. The van der Waals surface area contributed by atoms with E-state index in [0.717, 1.165) is 34.7 Å². The summed E-state index contributed by atoms with van der Waals surface area (Å²) in [6.45, 7) is 1.84. The average Bonchev–Trinajstić information content (AvgIpc) is 2.86. The lowest BCUT2D eigenvalue weighted by Gasteiger charge is -2.09. The summed E-state index contributed by atoms with van der Waals surface area (Å²) in [4.78, 5) is 28.8. The van der Waals surface area contributed by atoms with Crippen LogP contribution in [0.2, 0.25) is 0 Å². The predicted octanol–water partition coefficient (Wildman–Crippen LogP) is 3.82. The Kier molecular flexibility index (Phi) is 4.07. The fourth-order valence-electron chi connectivity index (χ4n) is 2.87. The van der Waals surface area contributed by atoms with Crippen molar-refractivity contribution in [2.45, 2.75) is 31.1 Å². The molecular formula is C17H18N2O2S. The first kappa shape index (κ1) is 14.9. The van der Waals surface area contributed by atoms with Crippen molar-refractivity contribution in [2.24, 2.45) is 0 Å². The Morgan fingerprint density at radius 2 is 1.95 bits per heavy atom. The molecule has 2 aromatic rings. The molecule has 1 aromatic carbocycles. The minimum absolute atomic E-state index is 0.137. The third-order valence-corrected chi connectivity index (χ3v) is 4.76. The number of ketones is 1. The van der Waals surface area contributed by atoms with E-state index in [4.69, 9.17) is 0 Å². The number of aryl methyl sites for hydroxylation is 1. The zero-order valence-corrected chi connectivity index (χ0v) is 13.5. The molecular weight excluding hydrogens is 296 g/mol. The molecule has 22 heavy (non-hydrogen) atoms. The number of hydrogen-bond donors (Lipinski definition) is 2. The first-order valence-corrected chi connectivity index (χ1v) is 8.52. The second-order valence-corrected chi connectivity index (χ2v) is 6.32. The van der Waals surface area contributed by atoms with Gasteiger partial charge in [0.2, 0.25) is 0 Å². The molecule has 1 amide bonds. The van der Waals surface area contributed by atoms with E-state index in [1.54, 1.807) is 11.8 Å². The second kappa shape index (κ2) is 6.01. The number of carbonyl (C=O) groups is 2. The maximum Gasteiger partial charge on any atom is 0.272 e. The number of amides is 1. The van der Waals surface area contributed by atoms with Gasteiger partial charge in [0, 0.05) is 28.3 Å². The Morgan fingerprint density at radius 1 is 1.23 bits per heavy atom. The number of hydrogen-bond acceptors (Lipinski definition) is 3. The van der Waals surface area contributed by atoms with E-state index < -0.39 is 0 Å². The molecule has 114 valence electrons. The van der Waals surface area contributed by atoms with E-state index in [2.05, 4.69) is 10.3 Å². The van der Waals surface area contributed by atoms with Gasteiger partial charge in [-0.15, -0.1) is 11.8 Å². The van der Waals surface area contributed by atoms with Gasteiger partial charge in [0.25, 0.3) is 5.91 Å². The highest BCUT2D eigenvalue weighted by Crippen LogP contribution is 2.27. The molecule has 0 fully saturated rings. The monoisotopic (exact) mass is 314 g/mol. The Labute approximate surface area is 133 Å². The van der Waals surface area contributed by atoms with Crippen molar-refractivity contribution in [2.75, 3.05) is 11.6 Å². The van der Waals surface area contributed by atoms with E-state index >= 15 is 0 Å². The molecule has 0 radical (unpaired) electrons. The molecule has 4 nitrogen and oxygen atoms in total. The summed E-state index contributed by atoms with van der Waals surface area (Å²) in [7, 11) is 0. The van der Waals surface area contributed by atoms with Crippen LogP contribution in [0.1, 0.15) is 44.9 Å². The molecule has 0 bridgehead atoms. The summed E-state index contributed by atoms with van der Waals surface area (Å²) >= 11 is 1.66. The van der Waals surface area contributed by atoms with E-state index in [9.17, 15) is 9.59 Å². The summed E-state index contributed by atoms with van der Waals surface area (Å²) in [5.41, 5.74) is 3.62. The van der Waals surface area contributed by atoms with Crippen LogP contribution < -0.4 is 5.32 Å². The predicted molar refractivity (Wildman–Crippen MR) is 89.0 cm³/mol. The number of aromatic amines is 1. The lowest BCUT2D eigenvalue weighted by molar-refractivity contribution is 0.0971. The number of Topliss-reactive ketones (excluding diaryl/α,β-unsaturated/α-hetero) is 1. The van der Waals surface area contributed by atoms with Crippen LogP contribution in [-0.4, -0.2) is 22.9 Å². The van der Waals surface area contributed by atoms with E-state index in [1.807, 2.05) is 37.4 Å². The molecule has 1 aromatic heterocycles. The van der Waals surface area contributed by atoms with Gasteiger partial charge >= 0.3 is 0 Å². The molecule has 0 aliphatic heterocycles. The Balaban J connectivity index is 1.84. The molecule has 0 saturated heterocycles. The van der Waals surface area contributed by atoms with Gasteiger partial charge in [0.05, 0.1) is 0 Å². The number of anilines is 1. The van der Waals surface area contributed by atoms with Crippen molar-refractivity contribution in [1.82, 2.24) is 4.98 Å². The standard InChI is InChI=1S/C17H18N2O2S/c1-10-15-13(4-3-5-14(15)20)19-16(10)17(21)18-11-6-8-12(22-2)9-7-11/h6-9,19H,3-5H2,1-2H3,(H,18,21). The highest BCUT2D eigenvalue weighted by atomic mass is 32.2. The van der Waals surface area contributed by atoms with Crippen molar-refractivity contribution < 1.29 is 9.59 Å². The molecule has 0 unspecified atom stereocenters. The number of fused-ring (bicyclic) bond motifs is 1. The summed E-state index contributed by atoms with van der Waals surface area (Å²) in [6, 6.07) is 7.70. The van der Waals surface area contributed by atoms with Gasteiger partial charge in [0.15, 0.2) is 5.78 Å². The highest BCUT2D eigenvalue weighted by Gasteiger charge is 2.26. The number of carbonyl (C=O) groups excluding carboxylic acids is 2. The number of thioether (sulfide) groups is 1. The van der Waals surface area contributed by atoms with Crippen LogP contribution in [0.15, 0.2) is 29.2 Å². The Morgan fingerprint density at radius 3 is 2.59 bits per heavy atom. The third-order valence-electron chi connectivity index (χ3n) is 4.01.